The van der Waals surface area contributed by atoms with Crippen LogP contribution in [0.2, 0.25) is 0 Å². The van der Waals surface area contributed by atoms with Crippen LogP contribution in [0.15, 0.2) is 0 Å². The lowest BCUT2D eigenvalue weighted by Crippen LogP contribution is -2.40. The molecule has 1 aliphatic rings. The Bertz CT molecular complexity index is 146. The lowest BCUT2D eigenvalue weighted by Gasteiger charge is -2.19. The number of hydrogen-bond acceptors (Lipinski definition) is 3. The molecule has 14 heavy (non-hydrogen) atoms. The molecule has 3 nitrogen and oxygen atoms in total. The normalized spacial score (nSPS) is 26.4. The molecule has 3 heteroatoms. The molecule has 0 saturated carbocycles. The van der Waals surface area contributed by atoms with Crippen molar-refractivity contribution in [2.45, 2.75) is 32.7 Å². The molecule has 1 saturated heterocycles. The van der Waals surface area contributed by atoms with Crippen molar-refractivity contribution in [1.29, 1.82) is 0 Å². The average molecular weight is 200 g/mol. The molecule has 0 aliphatic carbocycles. The summed E-state index contributed by atoms with van der Waals surface area (Å²) in [5.41, 5.74) is 6.02. The Morgan fingerprint density at radius 2 is 2.36 bits per heavy atom. The van der Waals surface area contributed by atoms with E-state index in [9.17, 15) is 0 Å². The summed E-state index contributed by atoms with van der Waals surface area (Å²) in [6.07, 6.45) is 2.36. The molecule has 0 aromatic heterocycles. The minimum absolute atomic E-state index is 0.294. The second kappa shape index (κ2) is 6.38. The van der Waals surface area contributed by atoms with Crippen LogP contribution in [0.4, 0.5) is 0 Å². The third-order valence-electron chi connectivity index (χ3n) is 3.21. The first-order valence-electron chi connectivity index (χ1n) is 5.78. The van der Waals surface area contributed by atoms with Gasteiger partial charge in [-0.05, 0) is 18.3 Å². The molecule has 1 aliphatic heterocycles. The quantitative estimate of drug-likeness (QED) is 0.672. The highest BCUT2D eigenvalue weighted by Crippen LogP contribution is 2.10. The van der Waals surface area contributed by atoms with Crippen LogP contribution < -0.4 is 11.1 Å². The van der Waals surface area contributed by atoms with Gasteiger partial charge in [0.1, 0.15) is 0 Å². The fourth-order valence-corrected chi connectivity index (χ4v) is 1.70. The summed E-state index contributed by atoms with van der Waals surface area (Å²) < 4.78 is 5.31. The van der Waals surface area contributed by atoms with E-state index in [1.54, 1.807) is 0 Å². The maximum Gasteiger partial charge on any atom is 0.0507 e. The van der Waals surface area contributed by atoms with Gasteiger partial charge in [0.05, 0.1) is 6.61 Å². The van der Waals surface area contributed by atoms with Gasteiger partial charge in [-0.25, -0.2) is 0 Å². The molecular weight excluding hydrogens is 176 g/mol. The molecule has 0 bridgehead atoms. The highest BCUT2D eigenvalue weighted by molar-refractivity contribution is 4.73. The Labute approximate surface area is 87.4 Å². The number of ether oxygens (including phenoxy) is 1. The van der Waals surface area contributed by atoms with E-state index in [1.165, 1.54) is 6.42 Å². The second-order valence-electron chi connectivity index (χ2n) is 4.44. The largest absolute Gasteiger partial charge is 0.381 e. The summed E-state index contributed by atoms with van der Waals surface area (Å²) in [5.74, 6) is 1.32. The molecule has 0 aromatic rings. The summed E-state index contributed by atoms with van der Waals surface area (Å²) in [7, 11) is 0. The van der Waals surface area contributed by atoms with Gasteiger partial charge in [0.25, 0.3) is 0 Å². The third-order valence-corrected chi connectivity index (χ3v) is 3.21. The van der Waals surface area contributed by atoms with Gasteiger partial charge in [-0.3, -0.25) is 0 Å². The maximum atomic E-state index is 6.02. The minimum atomic E-state index is 0.294. The Balaban J connectivity index is 2.02. The van der Waals surface area contributed by atoms with Gasteiger partial charge in [0, 0.05) is 25.7 Å². The van der Waals surface area contributed by atoms with Crippen LogP contribution in [-0.4, -0.2) is 32.3 Å². The smallest absolute Gasteiger partial charge is 0.0507 e. The van der Waals surface area contributed by atoms with Crippen molar-refractivity contribution in [2.75, 3.05) is 26.3 Å². The summed E-state index contributed by atoms with van der Waals surface area (Å²) in [6, 6.07) is 0.294. The second-order valence-corrected chi connectivity index (χ2v) is 4.44. The van der Waals surface area contributed by atoms with E-state index in [-0.39, 0.29) is 0 Å². The summed E-state index contributed by atoms with van der Waals surface area (Å²) in [5, 5.41) is 3.44. The van der Waals surface area contributed by atoms with Crippen LogP contribution in [-0.2, 0) is 4.74 Å². The van der Waals surface area contributed by atoms with Crippen molar-refractivity contribution in [1.82, 2.24) is 5.32 Å². The Hall–Kier alpha value is -0.120. The zero-order valence-corrected chi connectivity index (χ0v) is 9.46. The van der Waals surface area contributed by atoms with Gasteiger partial charge in [0.15, 0.2) is 0 Å². The van der Waals surface area contributed by atoms with Gasteiger partial charge >= 0.3 is 0 Å². The van der Waals surface area contributed by atoms with Gasteiger partial charge < -0.3 is 15.8 Å². The Morgan fingerprint density at radius 3 is 2.93 bits per heavy atom. The SMILES string of the molecule is CCC(C)C(N)CNCC1CCOC1. The molecule has 1 fully saturated rings. The van der Waals surface area contributed by atoms with E-state index in [2.05, 4.69) is 19.2 Å². The molecule has 0 radical (unpaired) electrons. The van der Waals surface area contributed by atoms with Crippen LogP contribution in [0, 0.1) is 11.8 Å². The first-order valence-corrected chi connectivity index (χ1v) is 5.78. The monoisotopic (exact) mass is 200 g/mol. The first-order chi connectivity index (χ1) is 6.74. The summed E-state index contributed by atoms with van der Waals surface area (Å²) in [6.45, 7) is 8.26. The van der Waals surface area contributed by atoms with Gasteiger partial charge in [0.2, 0.25) is 0 Å². The average Bonchev–Trinajstić information content (AvgIpc) is 2.69. The van der Waals surface area contributed by atoms with Crippen molar-refractivity contribution < 1.29 is 4.74 Å². The number of nitrogens with one attached hydrogen (secondary N) is 1. The van der Waals surface area contributed by atoms with E-state index in [4.69, 9.17) is 10.5 Å². The Kier molecular flexibility index (Phi) is 5.45. The van der Waals surface area contributed by atoms with E-state index < -0.39 is 0 Å². The molecule has 0 spiro atoms. The third kappa shape index (κ3) is 3.95. The van der Waals surface area contributed by atoms with Gasteiger partial charge in [-0.2, -0.15) is 0 Å². The standard InChI is InChI=1S/C11H24N2O/c1-3-9(2)11(12)7-13-6-10-4-5-14-8-10/h9-11,13H,3-8,12H2,1-2H3. The van der Waals surface area contributed by atoms with Crippen LogP contribution in [0.1, 0.15) is 26.7 Å². The predicted octanol–water partition coefficient (Wildman–Crippen LogP) is 0.986. The molecule has 1 rings (SSSR count). The summed E-state index contributed by atoms with van der Waals surface area (Å²) >= 11 is 0. The molecule has 84 valence electrons. The molecular formula is C11H24N2O. The minimum Gasteiger partial charge on any atom is -0.381 e. The molecule has 1 heterocycles. The highest BCUT2D eigenvalue weighted by atomic mass is 16.5. The fraction of sp³-hybridized carbons (Fsp3) is 1.00. The van der Waals surface area contributed by atoms with Crippen molar-refractivity contribution in [3.05, 3.63) is 0 Å². The number of hydrogen-bond donors (Lipinski definition) is 2. The van der Waals surface area contributed by atoms with Gasteiger partial charge in [-0.1, -0.05) is 20.3 Å². The van der Waals surface area contributed by atoms with Crippen LogP contribution in [0.3, 0.4) is 0 Å². The van der Waals surface area contributed by atoms with E-state index >= 15 is 0 Å². The molecule has 3 atom stereocenters. The summed E-state index contributed by atoms with van der Waals surface area (Å²) in [4.78, 5) is 0. The lowest BCUT2D eigenvalue weighted by atomic mass is 10.00. The highest BCUT2D eigenvalue weighted by Gasteiger charge is 2.16. The van der Waals surface area contributed by atoms with E-state index in [1.807, 2.05) is 0 Å². The first kappa shape index (κ1) is 12.0. The van der Waals surface area contributed by atoms with Crippen molar-refractivity contribution >= 4 is 0 Å². The Morgan fingerprint density at radius 1 is 1.57 bits per heavy atom. The van der Waals surface area contributed by atoms with Crippen molar-refractivity contribution in [3.63, 3.8) is 0 Å². The fourth-order valence-electron chi connectivity index (χ4n) is 1.70. The lowest BCUT2D eigenvalue weighted by molar-refractivity contribution is 0.185. The molecule has 0 aromatic carbocycles. The predicted molar refractivity (Wildman–Crippen MR) is 59.2 cm³/mol. The van der Waals surface area contributed by atoms with Crippen molar-refractivity contribution in [3.8, 4) is 0 Å². The zero-order valence-electron chi connectivity index (χ0n) is 9.46. The van der Waals surface area contributed by atoms with Crippen LogP contribution >= 0.6 is 0 Å². The molecule has 3 unspecified atom stereocenters. The van der Waals surface area contributed by atoms with Crippen LogP contribution in [0.5, 0.6) is 0 Å². The zero-order chi connectivity index (χ0) is 10.4. The maximum absolute atomic E-state index is 6.02. The van der Waals surface area contributed by atoms with Crippen molar-refractivity contribution in [2.24, 2.45) is 17.6 Å². The number of nitrogens with two attached hydrogens (primary N) is 1. The van der Waals surface area contributed by atoms with E-state index in [0.29, 0.717) is 17.9 Å². The molecule has 3 N–H and O–H groups in total. The van der Waals surface area contributed by atoms with E-state index in [0.717, 1.165) is 32.7 Å². The van der Waals surface area contributed by atoms with Crippen LogP contribution in [0.25, 0.3) is 0 Å². The number of rotatable bonds is 6. The molecule has 0 amide bonds. The van der Waals surface area contributed by atoms with Gasteiger partial charge in [-0.15, -0.1) is 0 Å². The topological polar surface area (TPSA) is 47.3 Å².